The van der Waals surface area contributed by atoms with Crippen LogP contribution in [0, 0.1) is 5.41 Å². The summed E-state index contributed by atoms with van der Waals surface area (Å²) in [4.78, 5) is 0. The average molecular weight is 215 g/mol. The molecule has 1 nitrogen and oxygen atoms in total. The van der Waals surface area contributed by atoms with Crippen LogP contribution < -0.4 is 5.32 Å². The van der Waals surface area contributed by atoms with Crippen molar-refractivity contribution in [3.63, 3.8) is 0 Å². The van der Waals surface area contributed by atoms with Gasteiger partial charge in [-0.05, 0) is 49.7 Å². The van der Waals surface area contributed by atoms with Gasteiger partial charge in [0.1, 0.15) is 0 Å². The molecule has 1 N–H and O–H groups in total. The first-order valence-electron chi connectivity index (χ1n) is 5.89. The molecule has 2 heteroatoms. The standard InChI is InChI=1S/C12H25NS/c1-12(2)8-6-7-11(12)13-9-4-5-10-14-3/h11,13H,4-10H2,1-3H3. The maximum atomic E-state index is 3.72. The zero-order valence-corrected chi connectivity index (χ0v) is 10.8. The molecule has 0 saturated heterocycles. The normalized spacial score (nSPS) is 25.5. The summed E-state index contributed by atoms with van der Waals surface area (Å²) >= 11 is 1.96. The van der Waals surface area contributed by atoms with Gasteiger partial charge in [-0.25, -0.2) is 0 Å². The van der Waals surface area contributed by atoms with Crippen molar-refractivity contribution >= 4 is 11.8 Å². The number of unbranched alkanes of at least 4 members (excludes halogenated alkanes) is 1. The maximum absolute atomic E-state index is 3.72. The fourth-order valence-electron chi connectivity index (χ4n) is 2.35. The molecular formula is C12H25NS. The molecule has 84 valence electrons. The van der Waals surface area contributed by atoms with E-state index in [-0.39, 0.29) is 0 Å². The molecule has 1 fully saturated rings. The van der Waals surface area contributed by atoms with Gasteiger partial charge in [-0.2, -0.15) is 11.8 Å². The molecule has 1 saturated carbocycles. The monoisotopic (exact) mass is 215 g/mol. The maximum Gasteiger partial charge on any atom is 0.0118 e. The third kappa shape index (κ3) is 3.82. The van der Waals surface area contributed by atoms with E-state index in [1.165, 1.54) is 44.4 Å². The zero-order chi connectivity index (χ0) is 10.4. The van der Waals surface area contributed by atoms with Crippen LogP contribution in [0.1, 0.15) is 46.0 Å². The smallest absolute Gasteiger partial charge is 0.0118 e. The van der Waals surface area contributed by atoms with Crippen molar-refractivity contribution in [1.82, 2.24) is 5.32 Å². The molecule has 1 aliphatic carbocycles. The molecule has 1 rings (SSSR count). The van der Waals surface area contributed by atoms with Crippen molar-refractivity contribution in [3.8, 4) is 0 Å². The number of rotatable bonds is 6. The van der Waals surface area contributed by atoms with E-state index in [0.29, 0.717) is 5.41 Å². The van der Waals surface area contributed by atoms with Gasteiger partial charge >= 0.3 is 0 Å². The van der Waals surface area contributed by atoms with Gasteiger partial charge in [0, 0.05) is 6.04 Å². The van der Waals surface area contributed by atoms with Crippen molar-refractivity contribution in [2.24, 2.45) is 5.41 Å². The Kier molecular flexibility index (Phi) is 5.32. The van der Waals surface area contributed by atoms with Gasteiger partial charge in [-0.3, -0.25) is 0 Å². The first-order chi connectivity index (χ1) is 6.67. The zero-order valence-electron chi connectivity index (χ0n) is 9.94. The Bertz CT molecular complexity index is 156. The molecule has 1 atom stereocenters. The molecule has 0 heterocycles. The van der Waals surface area contributed by atoms with Crippen LogP contribution in [0.3, 0.4) is 0 Å². The van der Waals surface area contributed by atoms with Crippen LogP contribution >= 0.6 is 11.8 Å². The second-order valence-corrected chi connectivity index (χ2v) is 6.07. The van der Waals surface area contributed by atoms with Crippen LogP contribution in [0.25, 0.3) is 0 Å². The Morgan fingerprint density at radius 3 is 2.71 bits per heavy atom. The Morgan fingerprint density at radius 1 is 1.36 bits per heavy atom. The van der Waals surface area contributed by atoms with Gasteiger partial charge in [0.15, 0.2) is 0 Å². The van der Waals surface area contributed by atoms with Gasteiger partial charge in [0.05, 0.1) is 0 Å². The number of nitrogens with one attached hydrogen (secondary N) is 1. The highest BCUT2D eigenvalue weighted by atomic mass is 32.2. The van der Waals surface area contributed by atoms with Gasteiger partial charge in [-0.1, -0.05) is 20.3 Å². The van der Waals surface area contributed by atoms with Gasteiger partial charge < -0.3 is 5.32 Å². The first kappa shape index (κ1) is 12.4. The molecule has 0 bridgehead atoms. The predicted octanol–water partition coefficient (Wildman–Crippen LogP) is 3.30. The van der Waals surface area contributed by atoms with E-state index in [4.69, 9.17) is 0 Å². The molecule has 1 aliphatic rings. The minimum absolute atomic E-state index is 0.541. The topological polar surface area (TPSA) is 12.0 Å². The molecule has 0 amide bonds. The van der Waals surface area contributed by atoms with Crippen LogP contribution in [0.5, 0.6) is 0 Å². The second-order valence-electron chi connectivity index (χ2n) is 5.09. The van der Waals surface area contributed by atoms with Crippen molar-refractivity contribution in [2.75, 3.05) is 18.6 Å². The lowest BCUT2D eigenvalue weighted by Crippen LogP contribution is -2.38. The van der Waals surface area contributed by atoms with E-state index >= 15 is 0 Å². The van der Waals surface area contributed by atoms with Crippen molar-refractivity contribution < 1.29 is 0 Å². The summed E-state index contributed by atoms with van der Waals surface area (Å²) in [5, 5.41) is 3.72. The van der Waals surface area contributed by atoms with Crippen LogP contribution in [0.4, 0.5) is 0 Å². The lowest BCUT2D eigenvalue weighted by Gasteiger charge is -2.28. The predicted molar refractivity (Wildman–Crippen MR) is 67.0 cm³/mol. The average Bonchev–Trinajstić information content (AvgIpc) is 2.45. The SMILES string of the molecule is CSCCCCNC1CCCC1(C)C. The second kappa shape index (κ2) is 6.02. The summed E-state index contributed by atoms with van der Waals surface area (Å²) < 4.78 is 0. The quantitative estimate of drug-likeness (QED) is 0.682. The Labute approximate surface area is 93.4 Å². The highest BCUT2D eigenvalue weighted by Gasteiger charge is 2.33. The lowest BCUT2D eigenvalue weighted by molar-refractivity contribution is 0.283. The van der Waals surface area contributed by atoms with Crippen molar-refractivity contribution in [2.45, 2.75) is 52.0 Å². The summed E-state index contributed by atoms with van der Waals surface area (Å²) in [6, 6.07) is 0.775. The summed E-state index contributed by atoms with van der Waals surface area (Å²) in [6.07, 6.45) is 9.09. The highest BCUT2D eigenvalue weighted by molar-refractivity contribution is 7.98. The van der Waals surface area contributed by atoms with Gasteiger partial charge in [0.2, 0.25) is 0 Å². The highest BCUT2D eigenvalue weighted by Crippen LogP contribution is 2.36. The minimum Gasteiger partial charge on any atom is -0.313 e. The summed E-state index contributed by atoms with van der Waals surface area (Å²) in [6.45, 7) is 6.02. The van der Waals surface area contributed by atoms with Crippen molar-refractivity contribution in [1.29, 1.82) is 0 Å². The first-order valence-corrected chi connectivity index (χ1v) is 7.28. The van der Waals surface area contributed by atoms with E-state index in [0.717, 1.165) is 6.04 Å². The largest absolute Gasteiger partial charge is 0.313 e. The third-order valence-electron chi connectivity index (χ3n) is 3.42. The fraction of sp³-hybridized carbons (Fsp3) is 1.00. The van der Waals surface area contributed by atoms with E-state index in [1.54, 1.807) is 0 Å². The summed E-state index contributed by atoms with van der Waals surface area (Å²) in [5.41, 5.74) is 0.541. The molecule has 0 aliphatic heterocycles. The van der Waals surface area contributed by atoms with Crippen molar-refractivity contribution in [3.05, 3.63) is 0 Å². The lowest BCUT2D eigenvalue weighted by atomic mass is 9.87. The van der Waals surface area contributed by atoms with E-state index in [9.17, 15) is 0 Å². The van der Waals surface area contributed by atoms with Crippen LogP contribution in [0.15, 0.2) is 0 Å². The number of hydrogen-bond acceptors (Lipinski definition) is 2. The molecule has 1 unspecified atom stereocenters. The Hall–Kier alpha value is 0.310. The fourth-order valence-corrected chi connectivity index (χ4v) is 2.85. The summed E-state index contributed by atoms with van der Waals surface area (Å²) in [7, 11) is 0. The van der Waals surface area contributed by atoms with E-state index in [1.807, 2.05) is 11.8 Å². The molecule has 0 aromatic rings. The van der Waals surface area contributed by atoms with Crippen LogP contribution in [0.2, 0.25) is 0 Å². The number of hydrogen-bond donors (Lipinski definition) is 1. The molecule has 0 spiro atoms. The summed E-state index contributed by atoms with van der Waals surface area (Å²) in [5.74, 6) is 1.32. The molecule has 0 radical (unpaired) electrons. The van der Waals surface area contributed by atoms with Gasteiger partial charge in [-0.15, -0.1) is 0 Å². The third-order valence-corrected chi connectivity index (χ3v) is 4.12. The molecule has 14 heavy (non-hydrogen) atoms. The van der Waals surface area contributed by atoms with Gasteiger partial charge in [0.25, 0.3) is 0 Å². The van der Waals surface area contributed by atoms with E-state index in [2.05, 4.69) is 25.4 Å². The molecular weight excluding hydrogens is 190 g/mol. The number of thioether (sulfide) groups is 1. The molecule has 0 aromatic carbocycles. The molecule has 0 aromatic heterocycles. The Morgan fingerprint density at radius 2 is 2.14 bits per heavy atom. The Balaban J connectivity index is 2.06. The van der Waals surface area contributed by atoms with Crippen LogP contribution in [-0.4, -0.2) is 24.6 Å². The minimum atomic E-state index is 0.541. The van der Waals surface area contributed by atoms with E-state index < -0.39 is 0 Å². The van der Waals surface area contributed by atoms with Crippen LogP contribution in [-0.2, 0) is 0 Å².